The van der Waals surface area contributed by atoms with Crippen LogP contribution in [0.1, 0.15) is 17.5 Å². The highest BCUT2D eigenvalue weighted by molar-refractivity contribution is 6.42. The van der Waals surface area contributed by atoms with Crippen LogP contribution in [0.4, 0.5) is 23.7 Å². The molecule has 0 saturated heterocycles. The van der Waals surface area contributed by atoms with Gasteiger partial charge in [-0.05, 0) is 35.4 Å². The molecule has 3 rings (SSSR count). The molecule has 0 saturated carbocycles. The van der Waals surface area contributed by atoms with Crippen LogP contribution in [-0.2, 0) is 11.2 Å². The van der Waals surface area contributed by atoms with Crippen molar-refractivity contribution in [1.29, 1.82) is 5.26 Å². The van der Waals surface area contributed by atoms with E-state index in [1.807, 2.05) is 0 Å². The lowest BCUT2D eigenvalue weighted by Crippen LogP contribution is -2.34. The third-order valence-corrected chi connectivity index (χ3v) is 5.10. The molecule has 0 fully saturated rings. The standard InChI is InChI=1S/C19H14Cl2F3N5.C4H7NO2/c20-15-5-4-13(9-16(15)21)17-6-7-29(28-17)18(26-11-25)27-14-3-1-2-12(8-14)10-19(22,23)24;1-2-3-7-4(5)6/h1-5,8-9H,6-7,10H2,(H,26,27);2H,1,3H2,(H2,5,6). The van der Waals surface area contributed by atoms with E-state index in [9.17, 15) is 18.0 Å². The lowest BCUT2D eigenvalue weighted by atomic mass is 10.1. The van der Waals surface area contributed by atoms with Gasteiger partial charge in [0.25, 0.3) is 0 Å². The molecule has 190 valence electrons. The quantitative estimate of drug-likeness (QED) is 0.170. The van der Waals surface area contributed by atoms with E-state index in [4.69, 9.17) is 28.5 Å². The van der Waals surface area contributed by atoms with Crippen molar-refractivity contribution < 1.29 is 22.7 Å². The summed E-state index contributed by atoms with van der Waals surface area (Å²) in [5, 5.41) is 18.2. The van der Waals surface area contributed by atoms with Gasteiger partial charge in [0, 0.05) is 6.42 Å². The first-order valence-corrected chi connectivity index (χ1v) is 11.0. The fraction of sp³-hybridized carbons (Fsp3) is 0.217. The Labute approximate surface area is 215 Å². The average molecular weight is 541 g/mol. The molecule has 2 aromatic carbocycles. The van der Waals surface area contributed by atoms with Gasteiger partial charge in [-0.3, -0.25) is 5.32 Å². The average Bonchev–Trinajstić information content (AvgIpc) is 3.29. The predicted octanol–water partition coefficient (Wildman–Crippen LogP) is 5.53. The van der Waals surface area contributed by atoms with Gasteiger partial charge in [0.05, 0.1) is 34.4 Å². The summed E-state index contributed by atoms with van der Waals surface area (Å²) in [4.78, 5) is 14.0. The van der Waals surface area contributed by atoms with Gasteiger partial charge in [0.1, 0.15) is 6.61 Å². The second-order valence-corrected chi connectivity index (χ2v) is 7.92. The molecule has 0 aliphatic carbocycles. The number of amides is 1. The fourth-order valence-corrected chi connectivity index (χ4v) is 3.22. The number of carbonyl (C=O) groups is 1. The summed E-state index contributed by atoms with van der Waals surface area (Å²) in [5.41, 5.74) is 6.44. The highest BCUT2D eigenvalue weighted by Crippen LogP contribution is 2.26. The van der Waals surface area contributed by atoms with E-state index in [0.29, 0.717) is 23.0 Å². The van der Waals surface area contributed by atoms with Gasteiger partial charge in [-0.15, -0.1) is 0 Å². The van der Waals surface area contributed by atoms with Gasteiger partial charge in [-0.1, -0.05) is 54.1 Å². The summed E-state index contributed by atoms with van der Waals surface area (Å²) in [6.45, 7) is 3.93. The van der Waals surface area contributed by atoms with Crippen molar-refractivity contribution in [3.05, 3.63) is 76.3 Å². The van der Waals surface area contributed by atoms with Crippen LogP contribution >= 0.6 is 23.2 Å². The van der Waals surface area contributed by atoms with Crippen LogP contribution in [-0.4, -0.2) is 42.1 Å². The van der Waals surface area contributed by atoms with Crippen molar-refractivity contribution in [2.24, 2.45) is 15.8 Å². The fourth-order valence-electron chi connectivity index (χ4n) is 2.92. The summed E-state index contributed by atoms with van der Waals surface area (Å²) in [5.74, 6) is 0.117. The predicted molar refractivity (Wildman–Crippen MR) is 132 cm³/mol. The zero-order valence-electron chi connectivity index (χ0n) is 18.7. The number of nitriles is 1. The highest BCUT2D eigenvalue weighted by Gasteiger charge is 2.27. The first-order chi connectivity index (χ1) is 17.0. The molecule has 13 heteroatoms. The Morgan fingerprint density at radius 3 is 2.64 bits per heavy atom. The minimum Gasteiger partial charge on any atom is -0.445 e. The molecule has 1 amide bonds. The van der Waals surface area contributed by atoms with Crippen LogP contribution in [0, 0.1) is 11.5 Å². The number of nitrogens with zero attached hydrogens (tertiary/aromatic N) is 4. The van der Waals surface area contributed by atoms with Gasteiger partial charge in [-0.25, -0.2) is 14.8 Å². The number of carbonyl (C=O) groups excluding carboxylic acids is 1. The second-order valence-electron chi connectivity index (χ2n) is 7.10. The molecule has 1 heterocycles. The van der Waals surface area contributed by atoms with E-state index in [2.05, 4.69) is 32.5 Å². The van der Waals surface area contributed by atoms with Crippen molar-refractivity contribution in [3.8, 4) is 6.19 Å². The van der Waals surface area contributed by atoms with Crippen molar-refractivity contribution in [1.82, 2.24) is 10.3 Å². The molecule has 0 atom stereocenters. The number of guanidine groups is 1. The maximum Gasteiger partial charge on any atom is 0.404 e. The minimum atomic E-state index is -4.32. The lowest BCUT2D eigenvalue weighted by Gasteiger charge is -2.14. The second kappa shape index (κ2) is 13.4. The normalized spacial score (nSPS) is 13.2. The smallest absolute Gasteiger partial charge is 0.404 e. The molecule has 0 bridgehead atoms. The number of hydrogen-bond acceptors (Lipinski definition) is 5. The molecule has 1 aliphatic heterocycles. The number of rotatable bonds is 5. The van der Waals surface area contributed by atoms with E-state index in [-0.39, 0.29) is 23.8 Å². The minimum absolute atomic E-state index is 0.0801. The monoisotopic (exact) mass is 540 g/mol. The molecule has 8 nitrogen and oxygen atoms in total. The molecular formula is C23H21Cl2F3N6O2. The number of nitrogens with two attached hydrogens (primary N) is 1. The number of hydrogen-bond donors (Lipinski definition) is 2. The largest absolute Gasteiger partial charge is 0.445 e. The topological polar surface area (TPSA) is 116 Å². The van der Waals surface area contributed by atoms with Crippen LogP contribution < -0.4 is 11.1 Å². The third kappa shape index (κ3) is 9.48. The van der Waals surface area contributed by atoms with Crippen molar-refractivity contribution in [2.45, 2.75) is 19.0 Å². The summed E-state index contributed by atoms with van der Waals surface area (Å²) in [6.07, 6.45) is -2.34. The number of primary amides is 1. The van der Waals surface area contributed by atoms with Gasteiger partial charge in [0.2, 0.25) is 5.96 Å². The Balaban J connectivity index is 0.000000572. The lowest BCUT2D eigenvalue weighted by molar-refractivity contribution is -0.127. The molecule has 1 aliphatic rings. The van der Waals surface area contributed by atoms with Crippen LogP contribution in [0.25, 0.3) is 0 Å². The number of nitrogens with one attached hydrogen (secondary N) is 1. The van der Waals surface area contributed by atoms with Crippen molar-refractivity contribution >= 4 is 46.7 Å². The first kappa shape index (κ1) is 28.5. The van der Waals surface area contributed by atoms with Crippen LogP contribution in [0.3, 0.4) is 0 Å². The number of alkyl halides is 3. The Bertz CT molecular complexity index is 1200. The van der Waals surface area contributed by atoms with Crippen LogP contribution in [0.5, 0.6) is 0 Å². The molecule has 0 radical (unpaired) electrons. The Kier molecular flexibility index (Phi) is 10.6. The van der Waals surface area contributed by atoms with E-state index in [1.165, 1.54) is 29.3 Å². The Morgan fingerprint density at radius 1 is 1.31 bits per heavy atom. The molecule has 0 unspecified atom stereocenters. The molecular weight excluding hydrogens is 520 g/mol. The molecule has 0 spiro atoms. The van der Waals surface area contributed by atoms with Crippen LogP contribution in [0.2, 0.25) is 10.0 Å². The SMILES string of the molecule is C=CCOC(N)=O.N#CNC(=Nc1cccc(CC(F)(F)F)c1)N1CCC(c2ccc(Cl)c(Cl)c2)=N1. The van der Waals surface area contributed by atoms with E-state index in [1.54, 1.807) is 30.5 Å². The van der Waals surface area contributed by atoms with E-state index < -0.39 is 18.7 Å². The highest BCUT2D eigenvalue weighted by atomic mass is 35.5. The van der Waals surface area contributed by atoms with Crippen molar-refractivity contribution in [2.75, 3.05) is 13.2 Å². The zero-order valence-corrected chi connectivity index (χ0v) is 20.2. The molecule has 2 aromatic rings. The number of benzene rings is 2. The van der Waals surface area contributed by atoms with Gasteiger partial charge >= 0.3 is 12.3 Å². The Hall–Kier alpha value is -3.75. The summed E-state index contributed by atoms with van der Waals surface area (Å²) in [7, 11) is 0. The summed E-state index contributed by atoms with van der Waals surface area (Å²) < 4.78 is 42.1. The maximum atomic E-state index is 12.6. The van der Waals surface area contributed by atoms with Crippen molar-refractivity contribution in [3.63, 3.8) is 0 Å². The van der Waals surface area contributed by atoms with Gasteiger partial charge in [-0.2, -0.15) is 23.5 Å². The Morgan fingerprint density at radius 2 is 2.06 bits per heavy atom. The van der Waals surface area contributed by atoms with E-state index in [0.717, 1.165) is 11.3 Å². The number of aliphatic imine (C=N–C) groups is 1. The third-order valence-electron chi connectivity index (χ3n) is 4.36. The van der Waals surface area contributed by atoms with E-state index >= 15 is 0 Å². The summed E-state index contributed by atoms with van der Waals surface area (Å²) >= 11 is 12.0. The molecule has 0 aromatic heterocycles. The zero-order chi connectivity index (χ0) is 26.7. The molecule has 3 N–H and O–H groups in total. The number of halogens is 5. The van der Waals surface area contributed by atoms with Gasteiger partial charge in [0.15, 0.2) is 6.19 Å². The number of ether oxygens (including phenoxy) is 1. The number of hydrazone groups is 1. The van der Waals surface area contributed by atoms with Crippen LogP contribution in [0.15, 0.2) is 65.2 Å². The maximum absolute atomic E-state index is 12.6. The van der Waals surface area contributed by atoms with Gasteiger partial charge < -0.3 is 10.5 Å². The first-order valence-electron chi connectivity index (χ1n) is 10.3. The molecule has 36 heavy (non-hydrogen) atoms. The summed E-state index contributed by atoms with van der Waals surface area (Å²) in [6, 6.07) is 10.9.